The Morgan fingerprint density at radius 3 is 3.00 bits per heavy atom. The molecule has 0 bridgehead atoms. The molecule has 0 saturated carbocycles. The molecule has 0 radical (unpaired) electrons. The van der Waals surface area contributed by atoms with Crippen LogP contribution in [0, 0.1) is 18.8 Å². The van der Waals surface area contributed by atoms with Crippen LogP contribution in [-0.2, 0) is 0 Å². The summed E-state index contributed by atoms with van der Waals surface area (Å²) in [5, 5.41) is 9.47. The maximum absolute atomic E-state index is 11.5. The molecule has 0 aromatic carbocycles. The zero-order chi connectivity index (χ0) is 15.7. The maximum Gasteiger partial charge on any atom is 0.255 e. The highest BCUT2D eigenvalue weighted by Crippen LogP contribution is 2.14. The van der Waals surface area contributed by atoms with Crippen molar-refractivity contribution in [3.63, 3.8) is 0 Å². The van der Waals surface area contributed by atoms with Gasteiger partial charge in [0.25, 0.3) is 5.91 Å². The van der Waals surface area contributed by atoms with Gasteiger partial charge in [0.1, 0.15) is 16.9 Å². The van der Waals surface area contributed by atoms with Crippen molar-refractivity contribution >= 4 is 17.4 Å². The molecular weight excluding hydrogens is 280 g/mol. The van der Waals surface area contributed by atoms with E-state index in [1.54, 1.807) is 13.2 Å². The van der Waals surface area contributed by atoms with Crippen molar-refractivity contribution in [1.29, 1.82) is 0 Å². The average molecular weight is 294 g/mol. The molecule has 0 saturated heterocycles. The molecule has 0 spiro atoms. The Labute approximate surface area is 126 Å². The maximum atomic E-state index is 11.5. The molecule has 3 heterocycles. The van der Waals surface area contributed by atoms with E-state index in [0.717, 1.165) is 16.9 Å². The largest absolute Gasteiger partial charge is 0.371 e. The molecule has 3 rings (SSSR count). The van der Waals surface area contributed by atoms with Crippen molar-refractivity contribution in [2.45, 2.75) is 6.92 Å². The molecule has 0 atom stereocenters. The molecule has 7 nitrogen and oxygen atoms in total. The second kappa shape index (κ2) is 5.26. The zero-order valence-corrected chi connectivity index (χ0v) is 12.1. The highest BCUT2D eigenvalue weighted by Gasteiger charge is 2.15. The number of imidazole rings is 1. The van der Waals surface area contributed by atoms with Gasteiger partial charge in [0.2, 0.25) is 0 Å². The Bertz CT molecular complexity index is 925. The Morgan fingerprint density at radius 1 is 1.45 bits per heavy atom. The number of aromatic amines is 1. The highest BCUT2D eigenvalue weighted by molar-refractivity contribution is 5.99. The average Bonchev–Trinajstić information content (AvgIpc) is 3.08. The number of anilines is 1. The predicted octanol–water partition coefficient (Wildman–Crippen LogP) is 0.906. The molecule has 4 N–H and O–H groups in total. The lowest BCUT2D eigenvalue weighted by Crippen LogP contribution is -2.13. The number of aryl methyl sites for hydroxylation is 1. The summed E-state index contributed by atoms with van der Waals surface area (Å²) in [6.07, 6.45) is 3.70. The second-order valence-electron chi connectivity index (χ2n) is 4.73. The van der Waals surface area contributed by atoms with Crippen molar-refractivity contribution in [2.75, 3.05) is 12.4 Å². The Balaban J connectivity index is 2.01. The topological polar surface area (TPSA) is 101 Å². The fraction of sp³-hybridized carbons (Fsp3) is 0.133. The third-order valence-electron chi connectivity index (χ3n) is 3.28. The molecule has 110 valence electrons. The third kappa shape index (κ3) is 2.27. The van der Waals surface area contributed by atoms with Crippen LogP contribution in [0.5, 0.6) is 0 Å². The number of fused-ring (bicyclic) bond motifs is 1. The summed E-state index contributed by atoms with van der Waals surface area (Å²) in [6.45, 7) is 1.98. The number of carbonyl (C=O) groups is 1. The van der Waals surface area contributed by atoms with Crippen LogP contribution < -0.4 is 11.1 Å². The minimum atomic E-state index is -0.582. The van der Waals surface area contributed by atoms with Crippen LogP contribution >= 0.6 is 0 Å². The van der Waals surface area contributed by atoms with E-state index in [4.69, 9.17) is 5.73 Å². The molecule has 0 fully saturated rings. The summed E-state index contributed by atoms with van der Waals surface area (Å²) in [7, 11) is 1.66. The van der Waals surface area contributed by atoms with Gasteiger partial charge in [-0.25, -0.2) is 4.98 Å². The normalized spacial score (nSPS) is 10.3. The van der Waals surface area contributed by atoms with Crippen LogP contribution in [0.2, 0.25) is 0 Å². The molecule has 0 aliphatic rings. The summed E-state index contributed by atoms with van der Waals surface area (Å²) < 4.78 is 1.97. The number of nitrogens with one attached hydrogen (secondary N) is 2. The number of pyridine rings is 1. The molecule has 0 aliphatic carbocycles. The van der Waals surface area contributed by atoms with Gasteiger partial charge in [-0.2, -0.15) is 5.10 Å². The lowest BCUT2D eigenvalue weighted by molar-refractivity contribution is 0.100. The Kier molecular flexibility index (Phi) is 3.27. The van der Waals surface area contributed by atoms with Gasteiger partial charge in [0.15, 0.2) is 5.82 Å². The smallest absolute Gasteiger partial charge is 0.255 e. The van der Waals surface area contributed by atoms with Crippen molar-refractivity contribution < 1.29 is 4.79 Å². The van der Waals surface area contributed by atoms with Gasteiger partial charge in [0.05, 0.1) is 0 Å². The number of aromatic nitrogens is 4. The monoisotopic (exact) mass is 294 g/mol. The van der Waals surface area contributed by atoms with E-state index >= 15 is 0 Å². The highest BCUT2D eigenvalue weighted by atomic mass is 16.1. The predicted molar refractivity (Wildman–Crippen MR) is 82.6 cm³/mol. The van der Waals surface area contributed by atoms with Crippen molar-refractivity contribution in [3.05, 3.63) is 47.0 Å². The first-order chi connectivity index (χ1) is 10.6. The van der Waals surface area contributed by atoms with E-state index in [9.17, 15) is 4.79 Å². The summed E-state index contributed by atoms with van der Waals surface area (Å²) in [6, 6.07) is 3.76. The standard InChI is InChI=1S/C15H14N6O/c1-9-8-18-12-7-10(5-6-21(9)12)3-4-11-13(14(16)22)15(17-2)20-19-11/h5-8H,1-2H3,(H2,16,22)(H2,17,19,20). The lowest BCUT2D eigenvalue weighted by atomic mass is 10.2. The van der Waals surface area contributed by atoms with E-state index in [2.05, 4.69) is 32.3 Å². The van der Waals surface area contributed by atoms with Gasteiger partial charge in [-0.15, -0.1) is 0 Å². The van der Waals surface area contributed by atoms with Crippen LogP contribution in [0.4, 0.5) is 5.82 Å². The van der Waals surface area contributed by atoms with Gasteiger partial charge in [0, 0.05) is 30.7 Å². The fourth-order valence-electron chi connectivity index (χ4n) is 2.17. The molecule has 3 aromatic heterocycles. The first kappa shape index (κ1) is 13.7. The summed E-state index contributed by atoms with van der Waals surface area (Å²) in [5.74, 6) is 5.68. The summed E-state index contributed by atoms with van der Waals surface area (Å²) in [5.41, 5.74) is 8.66. The van der Waals surface area contributed by atoms with Crippen LogP contribution in [0.25, 0.3) is 5.65 Å². The van der Waals surface area contributed by atoms with Crippen molar-refractivity contribution in [2.24, 2.45) is 5.73 Å². The third-order valence-corrected chi connectivity index (χ3v) is 3.28. The van der Waals surface area contributed by atoms with E-state index in [0.29, 0.717) is 11.5 Å². The van der Waals surface area contributed by atoms with E-state index in [1.807, 2.05) is 29.7 Å². The van der Waals surface area contributed by atoms with Crippen molar-refractivity contribution in [1.82, 2.24) is 19.6 Å². The Hall–Kier alpha value is -3.27. The van der Waals surface area contributed by atoms with Crippen LogP contribution in [0.15, 0.2) is 24.5 Å². The van der Waals surface area contributed by atoms with E-state index < -0.39 is 5.91 Å². The number of nitrogens with zero attached hydrogens (tertiary/aromatic N) is 3. The van der Waals surface area contributed by atoms with E-state index in [-0.39, 0.29) is 5.56 Å². The number of amides is 1. The van der Waals surface area contributed by atoms with Crippen LogP contribution in [0.1, 0.15) is 27.3 Å². The van der Waals surface area contributed by atoms with Gasteiger partial charge in [-0.05, 0) is 25.0 Å². The Morgan fingerprint density at radius 2 is 2.27 bits per heavy atom. The minimum absolute atomic E-state index is 0.257. The first-order valence-electron chi connectivity index (χ1n) is 6.62. The lowest BCUT2D eigenvalue weighted by Gasteiger charge is -1.97. The molecule has 22 heavy (non-hydrogen) atoms. The number of hydrogen-bond donors (Lipinski definition) is 3. The number of carbonyl (C=O) groups excluding carboxylic acids is 1. The van der Waals surface area contributed by atoms with Gasteiger partial charge in [-0.1, -0.05) is 5.92 Å². The number of H-pyrrole nitrogens is 1. The second-order valence-corrected chi connectivity index (χ2v) is 4.73. The van der Waals surface area contributed by atoms with Crippen LogP contribution in [-0.4, -0.2) is 32.5 Å². The minimum Gasteiger partial charge on any atom is -0.371 e. The number of primary amides is 1. The van der Waals surface area contributed by atoms with Gasteiger partial charge < -0.3 is 15.5 Å². The van der Waals surface area contributed by atoms with E-state index in [1.165, 1.54) is 0 Å². The SMILES string of the molecule is CNc1n[nH]c(C#Cc2ccn3c(C)cnc3c2)c1C(N)=O. The zero-order valence-electron chi connectivity index (χ0n) is 12.1. The fourth-order valence-corrected chi connectivity index (χ4v) is 2.17. The molecular formula is C15H14N6O. The summed E-state index contributed by atoms with van der Waals surface area (Å²) >= 11 is 0. The quantitative estimate of drug-likeness (QED) is 0.611. The van der Waals surface area contributed by atoms with Gasteiger partial charge in [-0.3, -0.25) is 9.89 Å². The molecule has 1 amide bonds. The molecule has 7 heteroatoms. The molecule has 0 unspecified atom stereocenters. The number of hydrogen-bond acceptors (Lipinski definition) is 4. The molecule has 3 aromatic rings. The van der Waals surface area contributed by atoms with Gasteiger partial charge >= 0.3 is 0 Å². The van der Waals surface area contributed by atoms with Crippen molar-refractivity contribution in [3.8, 4) is 11.8 Å². The first-order valence-corrected chi connectivity index (χ1v) is 6.62. The number of nitrogens with two attached hydrogens (primary N) is 1. The molecule has 0 aliphatic heterocycles. The summed E-state index contributed by atoms with van der Waals surface area (Å²) in [4.78, 5) is 15.8. The van der Waals surface area contributed by atoms with Crippen LogP contribution in [0.3, 0.4) is 0 Å². The number of rotatable bonds is 2.